The Labute approximate surface area is 300 Å². The van der Waals surface area contributed by atoms with E-state index in [2.05, 4.69) is 20.8 Å². The average Bonchev–Trinajstić information content (AvgIpc) is 3.74. The molecular formula is C35H39F6N7O5. The first-order valence-corrected chi connectivity index (χ1v) is 16.9. The van der Waals surface area contributed by atoms with Crippen molar-refractivity contribution in [1.29, 1.82) is 0 Å². The maximum atomic E-state index is 14.8. The van der Waals surface area contributed by atoms with E-state index in [1.807, 2.05) is 0 Å². The van der Waals surface area contributed by atoms with Gasteiger partial charge in [-0.25, -0.2) is 18.0 Å². The van der Waals surface area contributed by atoms with Crippen LogP contribution in [0.5, 0.6) is 0 Å². The summed E-state index contributed by atoms with van der Waals surface area (Å²) < 4.78 is 89.0. The van der Waals surface area contributed by atoms with Crippen LogP contribution in [-0.4, -0.2) is 85.2 Å². The van der Waals surface area contributed by atoms with Gasteiger partial charge in [-0.1, -0.05) is 30.3 Å². The third kappa shape index (κ3) is 9.84. The Bertz CT molecular complexity index is 1830. The Morgan fingerprint density at radius 3 is 2.28 bits per heavy atom. The van der Waals surface area contributed by atoms with Gasteiger partial charge in [0.05, 0.1) is 6.54 Å². The molecule has 3 aromatic rings. The topological polar surface area (TPSA) is 139 Å². The molecule has 0 aliphatic carbocycles. The van der Waals surface area contributed by atoms with Crippen molar-refractivity contribution in [3.63, 3.8) is 0 Å². The number of alkyl halides is 3. The van der Waals surface area contributed by atoms with Crippen molar-refractivity contribution in [3.8, 4) is 0 Å². The predicted molar refractivity (Wildman–Crippen MR) is 175 cm³/mol. The minimum absolute atomic E-state index is 0.0738. The normalized spacial score (nSPS) is 17.2. The van der Waals surface area contributed by atoms with E-state index in [1.165, 1.54) is 9.80 Å². The first-order chi connectivity index (χ1) is 24.9. The zero-order valence-electron chi connectivity index (χ0n) is 29.2. The Kier molecular flexibility index (Phi) is 11.7. The second-order valence-electron chi connectivity index (χ2n) is 14.0. The van der Waals surface area contributed by atoms with Gasteiger partial charge in [-0.2, -0.15) is 13.2 Å². The van der Waals surface area contributed by atoms with Crippen molar-refractivity contribution in [3.05, 3.63) is 82.7 Å². The Balaban J connectivity index is 1.35. The van der Waals surface area contributed by atoms with Gasteiger partial charge in [0.25, 0.3) is 0 Å². The van der Waals surface area contributed by atoms with Crippen LogP contribution in [0.1, 0.15) is 62.8 Å². The lowest BCUT2D eigenvalue weighted by atomic mass is 10.0. The third-order valence-corrected chi connectivity index (χ3v) is 8.79. The summed E-state index contributed by atoms with van der Waals surface area (Å²) in [5, 5.41) is 12.0. The van der Waals surface area contributed by atoms with Crippen LogP contribution in [0.15, 0.2) is 42.5 Å². The monoisotopic (exact) mass is 751 g/mol. The quantitative estimate of drug-likeness (QED) is 0.233. The molecule has 1 fully saturated rings. The van der Waals surface area contributed by atoms with Crippen LogP contribution in [0.3, 0.4) is 0 Å². The summed E-state index contributed by atoms with van der Waals surface area (Å²) in [4.78, 5) is 56.7. The molecule has 12 nitrogen and oxygen atoms in total. The lowest BCUT2D eigenvalue weighted by Gasteiger charge is -2.32. The van der Waals surface area contributed by atoms with Crippen LogP contribution in [0.2, 0.25) is 0 Å². The van der Waals surface area contributed by atoms with Gasteiger partial charge in [-0.15, -0.1) is 10.2 Å². The zero-order chi connectivity index (χ0) is 38.7. The highest BCUT2D eigenvalue weighted by molar-refractivity contribution is 5.92. The SMILES string of the molecule is CC(C)(C)OC(=O)NC(Cc1ccccc1)C(=O)N1CCCC1C(=O)NC(CC(=O)N1CCn2c(nnc2C(F)(F)F)C1)Cc1cc(F)c(F)cc1F. The number of nitrogens with zero attached hydrogens (tertiary/aromatic N) is 5. The summed E-state index contributed by atoms with van der Waals surface area (Å²) in [5.41, 5.74) is -0.489. The number of alkyl carbamates (subject to hydrolysis) is 1. The molecule has 18 heteroatoms. The minimum atomic E-state index is -4.76. The van der Waals surface area contributed by atoms with Crippen LogP contribution in [0, 0.1) is 17.5 Å². The molecule has 4 amide bonds. The average molecular weight is 752 g/mol. The number of aromatic nitrogens is 3. The fraction of sp³-hybridized carbons (Fsp3) is 0.486. The van der Waals surface area contributed by atoms with Crippen molar-refractivity contribution in [2.75, 3.05) is 13.1 Å². The number of benzene rings is 2. The number of nitrogens with one attached hydrogen (secondary N) is 2. The van der Waals surface area contributed by atoms with Gasteiger partial charge in [0.1, 0.15) is 23.5 Å². The van der Waals surface area contributed by atoms with Gasteiger partial charge in [-0.3, -0.25) is 14.4 Å². The summed E-state index contributed by atoms with van der Waals surface area (Å²) in [5.74, 6) is -7.20. The van der Waals surface area contributed by atoms with E-state index in [9.17, 15) is 45.5 Å². The van der Waals surface area contributed by atoms with E-state index < -0.39 is 89.8 Å². The molecule has 0 radical (unpaired) electrons. The number of halogens is 6. The zero-order valence-corrected chi connectivity index (χ0v) is 29.2. The maximum Gasteiger partial charge on any atom is 0.451 e. The van der Waals surface area contributed by atoms with E-state index in [0.29, 0.717) is 18.6 Å². The van der Waals surface area contributed by atoms with Crippen LogP contribution >= 0.6 is 0 Å². The molecule has 2 aliphatic rings. The Morgan fingerprint density at radius 2 is 1.60 bits per heavy atom. The number of ether oxygens (including phenoxy) is 1. The van der Waals surface area contributed by atoms with Gasteiger partial charge >= 0.3 is 12.3 Å². The molecule has 3 atom stereocenters. The molecule has 1 aromatic heterocycles. The number of amides is 4. The highest BCUT2D eigenvalue weighted by Gasteiger charge is 2.41. The molecule has 2 aromatic carbocycles. The van der Waals surface area contributed by atoms with Gasteiger partial charge in [0, 0.05) is 44.6 Å². The first-order valence-electron chi connectivity index (χ1n) is 16.9. The van der Waals surface area contributed by atoms with Gasteiger partial charge < -0.3 is 29.7 Å². The summed E-state index contributed by atoms with van der Waals surface area (Å²) >= 11 is 0. The number of carbonyl (C=O) groups is 4. The molecule has 286 valence electrons. The predicted octanol–water partition coefficient (Wildman–Crippen LogP) is 4.30. The number of hydrogen-bond acceptors (Lipinski definition) is 7. The highest BCUT2D eigenvalue weighted by Crippen LogP contribution is 2.30. The fourth-order valence-electron chi connectivity index (χ4n) is 6.38. The number of carbonyl (C=O) groups excluding carboxylic acids is 4. The van der Waals surface area contributed by atoms with E-state index in [4.69, 9.17) is 4.74 Å². The summed E-state index contributed by atoms with van der Waals surface area (Å²) in [6, 6.07) is 6.37. The van der Waals surface area contributed by atoms with Crippen molar-refractivity contribution >= 4 is 23.8 Å². The van der Waals surface area contributed by atoms with E-state index in [1.54, 1.807) is 51.1 Å². The lowest BCUT2D eigenvalue weighted by Crippen LogP contribution is -2.56. The van der Waals surface area contributed by atoms with Crippen molar-refractivity contribution in [1.82, 2.24) is 35.2 Å². The number of rotatable bonds is 10. The van der Waals surface area contributed by atoms with E-state index >= 15 is 0 Å². The molecule has 3 heterocycles. The highest BCUT2D eigenvalue weighted by atomic mass is 19.4. The molecular weight excluding hydrogens is 712 g/mol. The summed E-state index contributed by atoms with van der Waals surface area (Å²) in [6.07, 6.45) is -5.91. The molecule has 53 heavy (non-hydrogen) atoms. The van der Waals surface area contributed by atoms with Gasteiger partial charge in [-0.05, 0) is 57.2 Å². The number of hydrogen-bond donors (Lipinski definition) is 2. The van der Waals surface area contributed by atoms with Crippen molar-refractivity contribution in [2.45, 2.75) is 95.9 Å². The van der Waals surface area contributed by atoms with Crippen LogP contribution in [-0.2, 0) is 51.2 Å². The molecule has 0 spiro atoms. The number of likely N-dealkylation sites (tertiary alicyclic amines) is 1. The molecule has 0 saturated carbocycles. The first kappa shape index (κ1) is 39.1. The van der Waals surface area contributed by atoms with Crippen molar-refractivity contribution < 1.29 is 50.3 Å². The smallest absolute Gasteiger partial charge is 0.444 e. The number of fused-ring (bicyclic) bond motifs is 1. The molecule has 2 N–H and O–H groups in total. The Morgan fingerprint density at radius 1 is 0.906 bits per heavy atom. The molecule has 2 aliphatic heterocycles. The molecule has 5 rings (SSSR count). The summed E-state index contributed by atoms with van der Waals surface area (Å²) in [6.45, 7) is 4.37. The summed E-state index contributed by atoms with van der Waals surface area (Å²) in [7, 11) is 0. The largest absolute Gasteiger partial charge is 0.451 e. The third-order valence-electron chi connectivity index (χ3n) is 8.79. The molecule has 3 unspecified atom stereocenters. The fourth-order valence-corrected chi connectivity index (χ4v) is 6.38. The van der Waals surface area contributed by atoms with Crippen LogP contribution < -0.4 is 10.6 Å². The van der Waals surface area contributed by atoms with Gasteiger partial charge in [0.2, 0.25) is 23.5 Å². The molecule has 1 saturated heterocycles. The van der Waals surface area contributed by atoms with Gasteiger partial charge in [0.15, 0.2) is 17.5 Å². The maximum absolute atomic E-state index is 14.8. The second kappa shape index (κ2) is 15.8. The molecule has 0 bridgehead atoms. The van der Waals surface area contributed by atoms with Crippen LogP contribution in [0.4, 0.5) is 31.1 Å². The van der Waals surface area contributed by atoms with Crippen LogP contribution in [0.25, 0.3) is 0 Å². The van der Waals surface area contributed by atoms with E-state index in [0.717, 1.165) is 10.1 Å². The Hall–Kier alpha value is -5.16. The van der Waals surface area contributed by atoms with E-state index in [-0.39, 0.29) is 50.4 Å². The standard InChI is InChI=1S/C35H39F6N7O5/c1-34(2,3)53-33(52)43-26(14-20-8-5-4-6-9-20)31(51)47-11-7-10-27(47)30(50)42-22(15-21-16-24(37)25(38)18-23(21)36)17-29(49)46-12-13-48-28(19-46)44-45-32(48)35(39,40)41/h4-6,8-9,16,18,22,26-27H,7,10-15,17,19H2,1-3H3,(H,42,50)(H,43,52). The lowest BCUT2D eigenvalue weighted by molar-refractivity contribution is -0.148. The second-order valence-corrected chi connectivity index (χ2v) is 14.0. The van der Waals surface area contributed by atoms with Crippen molar-refractivity contribution in [2.24, 2.45) is 0 Å². The minimum Gasteiger partial charge on any atom is -0.444 e.